The van der Waals surface area contributed by atoms with E-state index in [1.54, 1.807) is 6.20 Å². The Bertz CT molecular complexity index is 364. The Morgan fingerprint density at radius 3 is 3.20 bits per heavy atom. The van der Waals surface area contributed by atoms with Gasteiger partial charge in [0.2, 0.25) is 0 Å². The molecular weight excluding hydrogens is 260 g/mol. The van der Waals surface area contributed by atoms with E-state index in [0.717, 1.165) is 13.0 Å². The van der Waals surface area contributed by atoms with Gasteiger partial charge in [-0.3, -0.25) is 4.79 Å². The fourth-order valence-corrected chi connectivity index (χ4v) is 2.06. The first-order chi connectivity index (χ1) is 7.27. The summed E-state index contributed by atoms with van der Waals surface area (Å²) in [6.45, 7) is 1.46. The van der Waals surface area contributed by atoms with Gasteiger partial charge in [0.25, 0.3) is 0 Å². The van der Waals surface area contributed by atoms with E-state index in [9.17, 15) is 4.79 Å². The summed E-state index contributed by atoms with van der Waals surface area (Å²) in [4.78, 5) is 19.6. The van der Waals surface area contributed by atoms with Crippen LogP contribution in [0, 0.1) is 5.92 Å². The minimum Gasteiger partial charge on any atom is -0.381 e. The number of aromatic nitrogens is 2. The van der Waals surface area contributed by atoms with Crippen LogP contribution in [0.3, 0.4) is 0 Å². The number of nitrogens with zero attached hydrogens (tertiary/aromatic N) is 2. The molecule has 0 aromatic carbocycles. The molecule has 1 aliphatic heterocycles. The summed E-state index contributed by atoms with van der Waals surface area (Å²) in [5.74, 6) is 0.402. The number of carbonyl (C=O) groups is 1. The maximum atomic E-state index is 11.8. The lowest BCUT2D eigenvalue weighted by Crippen LogP contribution is -2.11. The molecule has 80 valence electrons. The van der Waals surface area contributed by atoms with Crippen molar-refractivity contribution in [3.8, 4) is 0 Å². The molecule has 0 N–H and O–H groups in total. The van der Waals surface area contributed by atoms with E-state index in [0.29, 0.717) is 29.1 Å². The summed E-state index contributed by atoms with van der Waals surface area (Å²) in [6, 6.07) is 0. The van der Waals surface area contributed by atoms with Gasteiger partial charge in [-0.25, -0.2) is 9.97 Å². The Balaban J connectivity index is 2.04. The largest absolute Gasteiger partial charge is 0.381 e. The molecule has 2 rings (SSSR count). The molecule has 2 heterocycles. The molecule has 1 aromatic rings. The molecule has 1 fully saturated rings. The van der Waals surface area contributed by atoms with Gasteiger partial charge < -0.3 is 4.74 Å². The van der Waals surface area contributed by atoms with Crippen LogP contribution in [0.4, 0.5) is 0 Å². The third kappa shape index (κ3) is 2.60. The van der Waals surface area contributed by atoms with E-state index in [2.05, 4.69) is 25.9 Å². The number of Topliss-reactive ketones (excluding diaryl/α,β-unsaturated/α-hetero) is 1. The molecule has 0 radical (unpaired) electrons. The van der Waals surface area contributed by atoms with Crippen molar-refractivity contribution in [3.05, 3.63) is 22.7 Å². The monoisotopic (exact) mass is 270 g/mol. The molecule has 1 saturated heterocycles. The number of carbonyl (C=O) groups excluding carboxylic acids is 1. The van der Waals surface area contributed by atoms with Gasteiger partial charge in [-0.2, -0.15) is 0 Å². The average molecular weight is 271 g/mol. The lowest BCUT2D eigenvalue weighted by atomic mass is 10.0. The van der Waals surface area contributed by atoms with Gasteiger partial charge in [0, 0.05) is 25.8 Å². The predicted octanol–water partition coefficient (Wildman–Crippen LogP) is 1.85. The van der Waals surface area contributed by atoms with Crippen LogP contribution in [0.2, 0.25) is 0 Å². The van der Waals surface area contributed by atoms with Crippen molar-refractivity contribution in [3.63, 3.8) is 0 Å². The molecule has 0 amide bonds. The zero-order valence-electron chi connectivity index (χ0n) is 8.15. The van der Waals surface area contributed by atoms with Crippen molar-refractivity contribution < 1.29 is 9.53 Å². The molecule has 1 unspecified atom stereocenters. The second-order valence-corrected chi connectivity index (χ2v) is 4.43. The smallest absolute Gasteiger partial charge is 0.182 e. The van der Waals surface area contributed by atoms with E-state index in [1.807, 2.05) is 0 Å². The van der Waals surface area contributed by atoms with E-state index in [4.69, 9.17) is 4.74 Å². The first-order valence-electron chi connectivity index (χ1n) is 4.84. The van der Waals surface area contributed by atoms with Crippen LogP contribution in [-0.2, 0) is 4.74 Å². The van der Waals surface area contributed by atoms with Gasteiger partial charge >= 0.3 is 0 Å². The maximum Gasteiger partial charge on any atom is 0.182 e. The second kappa shape index (κ2) is 4.81. The Hall–Kier alpha value is -0.810. The summed E-state index contributed by atoms with van der Waals surface area (Å²) in [5.41, 5.74) is 0.469. The minimum atomic E-state index is 0.0553. The molecule has 0 aliphatic carbocycles. The van der Waals surface area contributed by atoms with Gasteiger partial charge in [-0.15, -0.1) is 0 Å². The van der Waals surface area contributed by atoms with E-state index in [-0.39, 0.29) is 5.78 Å². The van der Waals surface area contributed by atoms with Crippen LogP contribution >= 0.6 is 15.9 Å². The normalized spacial score (nSPS) is 20.5. The van der Waals surface area contributed by atoms with E-state index >= 15 is 0 Å². The quantitative estimate of drug-likeness (QED) is 0.787. The van der Waals surface area contributed by atoms with Gasteiger partial charge in [0.1, 0.15) is 12.0 Å². The highest BCUT2D eigenvalue weighted by atomic mass is 79.9. The number of hydrogen-bond donors (Lipinski definition) is 0. The summed E-state index contributed by atoms with van der Waals surface area (Å²) in [7, 11) is 0. The van der Waals surface area contributed by atoms with Crippen molar-refractivity contribution >= 4 is 21.7 Å². The highest BCUT2D eigenvalue weighted by Gasteiger charge is 2.21. The van der Waals surface area contributed by atoms with Crippen molar-refractivity contribution in [2.45, 2.75) is 12.8 Å². The Morgan fingerprint density at radius 1 is 1.67 bits per heavy atom. The molecule has 15 heavy (non-hydrogen) atoms. The fraction of sp³-hybridized carbons (Fsp3) is 0.500. The summed E-state index contributed by atoms with van der Waals surface area (Å²) >= 11 is 3.27. The number of rotatable bonds is 3. The molecule has 0 saturated carbocycles. The van der Waals surface area contributed by atoms with Crippen LogP contribution < -0.4 is 0 Å². The van der Waals surface area contributed by atoms with E-state index < -0.39 is 0 Å². The Labute approximate surface area is 96.2 Å². The highest BCUT2D eigenvalue weighted by Crippen LogP contribution is 2.21. The third-order valence-electron chi connectivity index (χ3n) is 2.43. The molecule has 1 atom stereocenters. The van der Waals surface area contributed by atoms with Crippen LogP contribution in [0.1, 0.15) is 23.3 Å². The number of halogens is 1. The molecule has 1 aromatic heterocycles. The zero-order chi connectivity index (χ0) is 10.7. The predicted molar refractivity (Wildman–Crippen MR) is 57.6 cm³/mol. The topological polar surface area (TPSA) is 52.1 Å². The number of ether oxygens (including phenoxy) is 1. The van der Waals surface area contributed by atoms with E-state index in [1.165, 1.54) is 6.33 Å². The van der Waals surface area contributed by atoms with Crippen LogP contribution in [0.25, 0.3) is 0 Å². The zero-order valence-corrected chi connectivity index (χ0v) is 9.74. The number of hydrogen-bond acceptors (Lipinski definition) is 4. The van der Waals surface area contributed by atoms with Crippen molar-refractivity contribution in [1.29, 1.82) is 0 Å². The Kier molecular flexibility index (Phi) is 3.43. The van der Waals surface area contributed by atoms with Gasteiger partial charge in [0.15, 0.2) is 5.78 Å². The van der Waals surface area contributed by atoms with Crippen LogP contribution in [-0.4, -0.2) is 29.0 Å². The summed E-state index contributed by atoms with van der Waals surface area (Å²) in [5, 5.41) is 0. The summed E-state index contributed by atoms with van der Waals surface area (Å²) < 4.78 is 5.89. The van der Waals surface area contributed by atoms with Crippen molar-refractivity contribution in [2.75, 3.05) is 13.2 Å². The number of ketones is 1. The molecule has 5 heteroatoms. The van der Waals surface area contributed by atoms with Gasteiger partial charge in [0.05, 0.1) is 4.47 Å². The van der Waals surface area contributed by atoms with Gasteiger partial charge in [-0.1, -0.05) is 0 Å². The lowest BCUT2D eigenvalue weighted by molar-refractivity contribution is 0.0947. The van der Waals surface area contributed by atoms with Crippen LogP contribution in [0.15, 0.2) is 17.0 Å². The molecule has 4 nitrogen and oxygen atoms in total. The third-order valence-corrected chi connectivity index (χ3v) is 3.01. The highest BCUT2D eigenvalue weighted by molar-refractivity contribution is 9.10. The van der Waals surface area contributed by atoms with Gasteiger partial charge in [-0.05, 0) is 28.3 Å². The first-order valence-corrected chi connectivity index (χ1v) is 5.63. The summed E-state index contributed by atoms with van der Waals surface area (Å²) in [6.07, 6.45) is 4.46. The Morgan fingerprint density at radius 2 is 2.53 bits per heavy atom. The molecule has 0 spiro atoms. The van der Waals surface area contributed by atoms with Crippen LogP contribution in [0.5, 0.6) is 0 Å². The minimum absolute atomic E-state index is 0.0553. The first kappa shape index (κ1) is 10.7. The SMILES string of the molecule is O=C(CC1CCOC1)c1ncncc1Br. The van der Waals surface area contributed by atoms with Crippen molar-refractivity contribution in [1.82, 2.24) is 9.97 Å². The standard InChI is InChI=1S/C10H11BrN2O2/c11-8-4-12-6-13-10(8)9(14)3-7-1-2-15-5-7/h4,6-7H,1-3,5H2. The van der Waals surface area contributed by atoms with Crippen molar-refractivity contribution in [2.24, 2.45) is 5.92 Å². The average Bonchev–Trinajstić information content (AvgIpc) is 2.71. The molecular formula is C10H11BrN2O2. The lowest BCUT2D eigenvalue weighted by Gasteiger charge is -2.06. The molecule has 1 aliphatic rings. The second-order valence-electron chi connectivity index (χ2n) is 3.58. The fourth-order valence-electron chi connectivity index (χ4n) is 1.62. The maximum absolute atomic E-state index is 11.8. The molecule has 0 bridgehead atoms.